The summed E-state index contributed by atoms with van der Waals surface area (Å²) >= 11 is 0. The van der Waals surface area contributed by atoms with Crippen molar-refractivity contribution in [3.8, 4) is 0 Å². The molecule has 8 nitrogen and oxygen atoms in total. The number of allylic oxidation sites excluding steroid dienone is 5. The lowest BCUT2D eigenvalue weighted by Gasteiger charge is -2.29. The van der Waals surface area contributed by atoms with Crippen molar-refractivity contribution < 1.29 is 32.9 Å². The third-order valence-corrected chi connectivity index (χ3v) is 11.6. The summed E-state index contributed by atoms with van der Waals surface area (Å²) in [5, 5.41) is 13.7. The van der Waals surface area contributed by atoms with E-state index in [0.29, 0.717) is 17.4 Å². The summed E-state index contributed by atoms with van der Waals surface area (Å²) in [6.07, 6.45) is 49.2. The number of carbonyl (C=O) groups is 1. The molecular weight excluding hydrogens is 732 g/mol. The van der Waals surface area contributed by atoms with E-state index in [2.05, 4.69) is 43.5 Å². The van der Waals surface area contributed by atoms with Gasteiger partial charge in [0, 0.05) is 6.42 Å². The first-order valence-corrected chi connectivity index (χ1v) is 25.3. The minimum absolute atomic E-state index is 0.00226. The Balaban J connectivity index is 4.20. The van der Waals surface area contributed by atoms with Crippen molar-refractivity contribution in [1.82, 2.24) is 5.32 Å². The van der Waals surface area contributed by atoms with Crippen LogP contribution in [0, 0.1) is 0 Å². The van der Waals surface area contributed by atoms with Crippen LogP contribution in [0.25, 0.3) is 0 Å². The van der Waals surface area contributed by atoms with Crippen LogP contribution < -0.4 is 10.2 Å². The van der Waals surface area contributed by atoms with Crippen LogP contribution in [0.3, 0.4) is 0 Å². The molecule has 3 atom stereocenters. The Morgan fingerprint density at radius 3 is 1.46 bits per heavy atom. The molecular formula is C48H93N2O6P. The first-order valence-electron chi connectivity index (χ1n) is 23.9. The number of rotatable bonds is 43. The predicted octanol–water partition coefficient (Wildman–Crippen LogP) is 12.8. The highest BCUT2D eigenvalue weighted by atomic mass is 31.2. The largest absolute Gasteiger partial charge is 0.756 e. The van der Waals surface area contributed by atoms with Crippen LogP contribution in [-0.2, 0) is 18.4 Å². The van der Waals surface area contributed by atoms with E-state index < -0.39 is 20.0 Å². The third kappa shape index (κ3) is 42.6. The summed E-state index contributed by atoms with van der Waals surface area (Å²) in [5.41, 5.74) is 0. The molecule has 0 radical (unpaired) electrons. The number of phosphoric ester groups is 1. The number of aliphatic hydroxyl groups is 1. The van der Waals surface area contributed by atoms with Gasteiger partial charge in [-0.1, -0.05) is 192 Å². The molecule has 57 heavy (non-hydrogen) atoms. The number of hydrogen-bond donors (Lipinski definition) is 2. The van der Waals surface area contributed by atoms with Gasteiger partial charge < -0.3 is 28.8 Å². The van der Waals surface area contributed by atoms with E-state index in [1.54, 1.807) is 6.08 Å². The Bertz CT molecular complexity index is 1030. The summed E-state index contributed by atoms with van der Waals surface area (Å²) in [7, 11) is 1.26. The maximum Gasteiger partial charge on any atom is 0.268 e. The van der Waals surface area contributed by atoms with Crippen molar-refractivity contribution in [1.29, 1.82) is 0 Å². The Morgan fingerprint density at radius 2 is 1.02 bits per heavy atom. The van der Waals surface area contributed by atoms with E-state index in [0.717, 1.165) is 44.9 Å². The normalized spacial score (nSPS) is 14.6. The van der Waals surface area contributed by atoms with Crippen molar-refractivity contribution in [2.24, 2.45) is 0 Å². The van der Waals surface area contributed by atoms with Gasteiger partial charge in [-0.05, 0) is 51.4 Å². The Morgan fingerprint density at radius 1 is 0.614 bits per heavy atom. The number of nitrogens with zero attached hydrogens (tertiary/aromatic N) is 1. The first kappa shape index (κ1) is 55.7. The minimum atomic E-state index is -4.58. The highest BCUT2D eigenvalue weighted by Gasteiger charge is 2.23. The van der Waals surface area contributed by atoms with Crippen molar-refractivity contribution in [2.45, 2.75) is 225 Å². The van der Waals surface area contributed by atoms with Crippen LogP contribution in [0.15, 0.2) is 36.5 Å². The van der Waals surface area contributed by atoms with Gasteiger partial charge in [0.1, 0.15) is 13.2 Å². The second-order valence-electron chi connectivity index (χ2n) is 17.5. The number of nitrogens with one attached hydrogen (secondary N) is 1. The molecule has 0 rings (SSSR count). The lowest BCUT2D eigenvalue weighted by molar-refractivity contribution is -0.870. The Kier molecular flexibility index (Phi) is 39.2. The maximum atomic E-state index is 12.8. The molecule has 0 aliphatic rings. The highest BCUT2D eigenvalue weighted by Crippen LogP contribution is 2.38. The van der Waals surface area contributed by atoms with Gasteiger partial charge in [0.25, 0.3) is 7.82 Å². The molecule has 2 N–H and O–H groups in total. The lowest BCUT2D eigenvalue weighted by Crippen LogP contribution is -2.45. The van der Waals surface area contributed by atoms with Crippen LogP contribution in [0.5, 0.6) is 0 Å². The molecule has 0 aliphatic heterocycles. The average Bonchev–Trinajstić information content (AvgIpc) is 3.16. The van der Waals surface area contributed by atoms with Gasteiger partial charge in [0.05, 0.1) is 39.9 Å². The Hall–Kier alpha value is -1.28. The molecule has 0 aromatic rings. The fourth-order valence-corrected chi connectivity index (χ4v) is 7.49. The van der Waals surface area contributed by atoms with Crippen molar-refractivity contribution in [3.05, 3.63) is 36.5 Å². The molecule has 0 spiro atoms. The second kappa shape index (κ2) is 40.1. The number of quaternary nitrogens is 1. The zero-order chi connectivity index (χ0) is 42.1. The molecule has 0 aromatic heterocycles. The van der Waals surface area contributed by atoms with Gasteiger partial charge in [-0.25, -0.2) is 0 Å². The fourth-order valence-electron chi connectivity index (χ4n) is 6.77. The zero-order valence-corrected chi connectivity index (χ0v) is 38.9. The van der Waals surface area contributed by atoms with E-state index in [-0.39, 0.29) is 19.1 Å². The molecule has 0 heterocycles. The van der Waals surface area contributed by atoms with Crippen LogP contribution in [0.2, 0.25) is 0 Å². The SMILES string of the molecule is CCCCCCCCCC/C=C/C(O)C(COP(=O)([O-])OCC[N+](C)(C)C)NC(=O)CCCCCCCCCCC/C=C\C/C=C\CCCCCCCCCCC. The van der Waals surface area contributed by atoms with Crippen LogP contribution in [-0.4, -0.2) is 68.5 Å². The summed E-state index contributed by atoms with van der Waals surface area (Å²) in [4.78, 5) is 25.3. The quantitative estimate of drug-likeness (QED) is 0.0274. The number of phosphoric acid groups is 1. The van der Waals surface area contributed by atoms with Crippen LogP contribution in [0.4, 0.5) is 0 Å². The van der Waals surface area contributed by atoms with Crippen LogP contribution in [0.1, 0.15) is 213 Å². The summed E-state index contributed by atoms with van der Waals surface area (Å²) in [6.45, 7) is 4.62. The topological polar surface area (TPSA) is 108 Å². The first-order chi connectivity index (χ1) is 27.5. The van der Waals surface area contributed by atoms with E-state index in [4.69, 9.17) is 9.05 Å². The summed E-state index contributed by atoms with van der Waals surface area (Å²) < 4.78 is 23.2. The molecule has 0 aromatic carbocycles. The molecule has 1 amide bonds. The molecule has 336 valence electrons. The van der Waals surface area contributed by atoms with E-state index in [1.807, 2.05) is 27.2 Å². The smallest absolute Gasteiger partial charge is 0.268 e. The molecule has 3 unspecified atom stereocenters. The standard InChI is InChI=1S/C48H93N2O6P/c1-6-8-10-12-14-16-18-19-20-21-22-23-24-25-26-27-28-29-30-31-32-34-36-38-40-42-48(52)49-46(45-56-57(53,54)55-44-43-50(3,4)5)47(51)41-39-37-35-33-17-15-13-11-9-7-2/h22-23,25-26,39,41,46-47,51H,6-21,24,27-38,40,42-45H2,1-5H3,(H-,49,52,53,54)/b23-22-,26-25-,41-39+. The predicted molar refractivity (Wildman–Crippen MR) is 242 cm³/mol. The fraction of sp³-hybridized carbons (Fsp3) is 0.854. The van der Waals surface area contributed by atoms with Gasteiger partial charge in [0.15, 0.2) is 0 Å². The number of aliphatic hydroxyl groups excluding tert-OH is 1. The maximum absolute atomic E-state index is 12.8. The number of likely N-dealkylation sites (N-methyl/N-ethyl adjacent to an activating group) is 1. The van der Waals surface area contributed by atoms with E-state index >= 15 is 0 Å². The van der Waals surface area contributed by atoms with Crippen molar-refractivity contribution >= 4 is 13.7 Å². The summed E-state index contributed by atoms with van der Waals surface area (Å²) in [5.74, 6) is -0.204. The van der Waals surface area contributed by atoms with Crippen molar-refractivity contribution in [3.63, 3.8) is 0 Å². The van der Waals surface area contributed by atoms with Gasteiger partial charge in [0.2, 0.25) is 5.91 Å². The van der Waals surface area contributed by atoms with Crippen LogP contribution >= 0.6 is 7.82 Å². The monoisotopic (exact) mass is 825 g/mol. The molecule has 0 saturated carbocycles. The van der Waals surface area contributed by atoms with E-state index in [1.165, 1.54) is 148 Å². The third-order valence-electron chi connectivity index (χ3n) is 10.6. The number of hydrogen-bond acceptors (Lipinski definition) is 6. The number of carbonyl (C=O) groups excluding carboxylic acids is 1. The van der Waals surface area contributed by atoms with Crippen molar-refractivity contribution in [2.75, 3.05) is 40.9 Å². The second-order valence-corrected chi connectivity index (χ2v) is 18.9. The lowest BCUT2D eigenvalue weighted by atomic mass is 10.0. The zero-order valence-electron chi connectivity index (χ0n) is 38.0. The number of unbranched alkanes of at least 4 members (excludes halogenated alkanes) is 26. The molecule has 9 heteroatoms. The minimum Gasteiger partial charge on any atom is -0.756 e. The van der Waals surface area contributed by atoms with Gasteiger partial charge in [-0.3, -0.25) is 9.36 Å². The van der Waals surface area contributed by atoms with Gasteiger partial charge in [-0.2, -0.15) is 0 Å². The highest BCUT2D eigenvalue weighted by molar-refractivity contribution is 7.45. The molecule has 0 bridgehead atoms. The molecule has 0 aliphatic carbocycles. The molecule has 0 saturated heterocycles. The average molecular weight is 825 g/mol. The van der Waals surface area contributed by atoms with E-state index in [9.17, 15) is 19.4 Å². The van der Waals surface area contributed by atoms with Gasteiger partial charge in [-0.15, -0.1) is 0 Å². The summed E-state index contributed by atoms with van der Waals surface area (Å²) in [6, 6.07) is -0.886. The Labute approximate surface area is 353 Å². The van der Waals surface area contributed by atoms with Gasteiger partial charge >= 0.3 is 0 Å². The number of amides is 1. The molecule has 0 fully saturated rings.